The fourth-order valence-electron chi connectivity index (χ4n) is 1.91. The Kier molecular flexibility index (Phi) is 5.15. The van der Waals surface area contributed by atoms with Crippen LogP contribution in [-0.2, 0) is 4.79 Å². The van der Waals surface area contributed by atoms with Crippen molar-refractivity contribution in [2.24, 2.45) is 0 Å². The van der Waals surface area contributed by atoms with E-state index in [1.807, 2.05) is 0 Å². The van der Waals surface area contributed by atoms with E-state index in [1.165, 1.54) is 6.07 Å². The van der Waals surface area contributed by atoms with Gasteiger partial charge < -0.3 is 15.0 Å². The molecule has 0 unspecified atom stereocenters. The summed E-state index contributed by atoms with van der Waals surface area (Å²) in [7, 11) is 0. The second-order valence-corrected chi connectivity index (χ2v) is 5.22. The Morgan fingerprint density at radius 1 is 1.42 bits per heavy atom. The highest BCUT2D eigenvalue weighted by Crippen LogP contribution is 2.22. The summed E-state index contributed by atoms with van der Waals surface area (Å²) in [5.74, 6) is -0.197. The zero-order chi connectivity index (χ0) is 13.7. The monoisotopic (exact) mass is 330 g/mol. The van der Waals surface area contributed by atoms with E-state index in [0.717, 1.165) is 30.7 Å². The van der Waals surface area contributed by atoms with Crippen LogP contribution < -0.4 is 10.1 Å². The van der Waals surface area contributed by atoms with Crippen LogP contribution in [0.4, 0.5) is 4.39 Å². The van der Waals surface area contributed by atoms with E-state index in [1.54, 1.807) is 17.0 Å². The minimum atomic E-state index is -0.419. The Morgan fingerprint density at radius 3 is 2.89 bits per heavy atom. The number of amides is 1. The van der Waals surface area contributed by atoms with Gasteiger partial charge in [0.25, 0.3) is 0 Å². The van der Waals surface area contributed by atoms with Gasteiger partial charge in [0.1, 0.15) is 0 Å². The molecule has 0 bridgehead atoms. The molecule has 104 valence electrons. The van der Waals surface area contributed by atoms with Crippen molar-refractivity contribution in [2.75, 3.05) is 32.8 Å². The molecule has 0 radical (unpaired) electrons. The van der Waals surface area contributed by atoms with Crippen LogP contribution >= 0.6 is 15.9 Å². The smallest absolute Gasteiger partial charge is 0.226 e. The van der Waals surface area contributed by atoms with Gasteiger partial charge in [-0.15, -0.1) is 0 Å². The van der Waals surface area contributed by atoms with Crippen LogP contribution in [0.25, 0.3) is 0 Å². The number of benzene rings is 1. The van der Waals surface area contributed by atoms with Crippen molar-refractivity contribution in [2.45, 2.75) is 6.42 Å². The molecule has 1 amide bonds. The number of halogens is 2. The largest absolute Gasteiger partial charge is 0.490 e. The lowest BCUT2D eigenvalue weighted by atomic mass is 10.3. The zero-order valence-electron chi connectivity index (χ0n) is 10.5. The Balaban J connectivity index is 1.79. The lowest BCUT2D eigenvalue weighted by Crippen LogP contribution is -2.46. The van der Waals surface area contributed by atoms with Crippen molar-refractivity contribution in [1.29, 1.82) is 0 Å². The summed E-state index contributed by atoms with van der Waals surface area (Å²) < 4.78 is 19.5. The SMILES string of the molecule is O=C(CCOc1cc(Br)ccc1F)N1CCNCC1. The van der Waals surface area contributed by atoms with Crippen LogP contribution in [0.3, 0.4) is 0 Å². The number of hydrogen-bond donors (Lipinski definition) is 1. The van der Waals surface area contributed by atoms with Gasteiger partial charge in [0.05, 0.1) is 13.0 Å². The van der Waals surface area contributed by atoms with Crippen LogP contribution in [0.1, 0.15) is 6.42 Å². The van der Waals surface area contributed by atoms with Crippen LogP contribution in [0, 0.1) is 5.82 Å². The summed E-state index contributed by atoms with van der Waals surface area (Å²) in [4.78, 5) is 13.7. The summed E-state index contributed by atoms with van der Waals surface area (Å²) in [5, 5.41) is 3.19. The van der Waals surface area contributed by atoms with Gasteiger partial charge in [-0.3, -0.25) is 4.79 Å². The third-order valence-corrected chi connectivity index (χ3v) is 3.43. The van der Waals surface area contributed by atoms with Crippen molar-refractivity contribution >= 4 is 21.8 Å². The summed E-state index contributed by atoms with van der Waals surface area (Å²) in [6, 6.07) is 4.50. The molecule has 1 aliphatic rings. The standard InChI is InChI=1S/C13H16BrFN2O2/c14-10-1-2-11(15)12(9-10)19-8-3-13(18)17-6-4-16-5-7-17/h1-2,9,16H,3-8H2. The molecule has 0 aliphatic carbocycles. The summed E-state index contributed by atoms with van der Waals surface area (Å²) in [6.45, 7) is 3.30. The predicted octanol–water partition coefficient (Wildman–Crippen LogP) is 1.79. The van der Waals surface area contributed by atoms with Crippen LogP contribution in [0.2, 0.25) is 0 Å². The van der Waals surface area contributed by atoms with Gasteiger partial charge in [-0.1, -0.05) is 15.9 Å². The Bertz CT molecular complexity index is 450. The maximum absolute atomic E-state index is 13.4. The number of rotatable bonds is 4. The van der Waals surface area contributed by atoms with Crippen LogP contribution in [0.5, 0.6) is 5.75 Å². The fraction of sp³-hybridized carbons (Fsp3) is 0.462. The molecule has 1 saturated heterocycles. The van der Waals surface area contributed by atoms with Crippen molar-refractivity contribution in [1.82, 2.24) is 10.2 Å². The molecule has 2 rings (SSSR count). The topological polar surface area (TPSA) is 41.6 Å². The number of carbonyl (C=O) groups excluding carboxylic acids is 1. The van der Waals surface area contributed by atoms with Crippen LogP contribution in [-0.4, -0.2) is 43.6 Å². The highest BCUT2D eigenvalue weighted by atomic mass is 79.9. The Morgan fingerprint density at radius 2 is 2.16 bits per heavy atom. The maximum atomic E-state index is 13.4. The quantitative estimate of drug-likeness (QED) is 0.915. The molecule has 1 heterocycles. The number of piperazine rings is 1. The van der Waals surface area contributed by atoms with E-state index in [9.17, 15) is 9.18 Å². The van der Waals surface area contributed by atoms with E-state index in [0.29, 0.717) is 0 Å². The summed E-state index contributed by atoms with van der Waals surface area (Å²) >= 11 is 3.25. The molecular weight excluding hydrogens is 315 g/mol. The highest BCUT2D eigenvalue weighted by Gasteiger charge is 2.16. The van der Waals surface area contributed by atoms with Gasteiger partial charge in [-0.2, -0.15) is 0 Å². The molecule has 6 heteroatoms. The van der Waals surface area contributed by atoms with Gasteiger partial charge >= 0.3 is 0 Å². The second kappa shape index (κ2) is 6.86. The lowest BCUT2D eigenvalue weighted by molar-refractivity contribution is -0.132. The first-order valence-corrected chi connectivity index (χ1v) is 7.02. The molecule has 1 aliphatic heterocycles. The first kappa shape index (κ1) is 14.3. The number of ether oxygens (including phenoxy) is 1. The van der Waals surface area contributed by atoms with Gasteiger partial charge in [0.2, 0.25) is 5.91 Å². The molecule has 0 saturated carbocycles. The molecule has 1 fully saturated rings. The first-order chi connectivity index (χ1) is 9.16. The Hall–Kier alpha value is -1.14. The average Bonchev–Trinajstić information content (AvgIpc) is 2.43. The van der Waals surface area contributed by atoms with Crippen molar-refractivity contribution < 1.29 is 13.9 Å². The Labute approximate surface area is 120 Å². The average molecular weight is 331 g/mol. The normalized spacial score (nSPS) is 15.4. The summed E-state index contributed by atoms with van der Waals surface area (Å²) in [6.07, 6.45) is 0.270. The molecule has 1 aromatic rings. The molecule has 0 atom stereocenters. The summed E-state index contributed by atoms with van der Waals surface area (Å²) in [5.41, 5.74) is 0. The van der Waals surface area contributed by atoms with E-state index in [2.05, 4.69) is 21.2 Å². The zero-order valence-corrected chi connectivity index (χ0v) is 12.1. The molecule has 4 nitrogen and oxygen atoms in total. The number of nitrogens with zero attached hydrogens (tertiary/aromatic N) is 1. The van der Waals surface area contributed by atoms with Gasteiger partial charge in [0.15, 0.2) is 11.6 Å². The molecular formula is C13H16BrFN2O2. The molecule has 19 heavy (non-hydrogen) atoms. The maximum Gasteiger partial charge on any atom is 0.226 e. The number of hydrogen-bond acceptors (Lipinski definition) is 3. The van der Waals surface area contributed by atoms with Crippen molar-refractivity contribution in [3.8, 4) is 5.75 Å². The van der Waals surface area contributed by atoms with E-state index < -0.39 is 5.82 Å². The fourth-order valence-corrected chi connectivity index (χ4v) is 2.25. The third-order valence-electron chi connectivity index (χ3n) is 2.94. The van der Waals surface area contributed by atoms with E-state index >= 15 is 0 Å². The highest BCUT2D eigenvalue weighted by molar-refractivity contribution is 9.10. The molecule has 1 N–H and O–H groups in total. The lowest BCUT2D eigenvalue weighted by Gasteiger charge is -2.27. The van der Waals surface area contributed by atoms with E-state index in [-0.39, 0.29) is 24.7 Å². The third kappa shape index (κ3) is 4.18. The predicted molar refractivity (Wildman–Crippen MR) is 73.7 cm³/mol. The first-order valence-electron chi connectivity index (χ1n) is 6.23. The minimum Gasteiger partial charge on any atom is -0.490 e. The molecule has 1 aromatic carbocycles. The van der Waals surface area contributed by atoms with Crippen molar-refractivity contribution in [3.63, 3.8) is 0 Å². The van der Waals surface area contributed by atoms with E-state index in [4.69, 9.17) is 4.74 Å². The number of nitrogens with one attached hydrogen (secondary N) is 1. The van der Waals surface area contributed by atoms with Crippen molar-refractivity contribution in [3.05, 3.63) is 28.5 Å². The van der Waals surface area contributed by atoms with Crippen LogP contribution in [0.15, 0.2) is 22.7 Å². The number of carbonyl (C=O) groups is 1. The minimum absolute atomic E-state index is 0.0527. The van der Waals surface area contributed by atoms with Gasteiger partial charge in [-0.05, 0) is 18.2 Å². The second-order valence-electron chi connectivity index (χ2n) is 4.30. The molecule has 0 aromatic heterocycles. The van der Waals surface area contributed by atoms with Gasteiger partial charge in [-0.25, -0.2) is 4.39 Å². The molecule has 0 spiro atoms. The van der Waals surface area contributed by atoms with Gasteiger partial charge in [0, 0.05) is 30.7 Å².